The zero-order chi connectivity index (χ0) is 14.5. The fourth-order valence-corrected chi connectivity index (χ4v) is 1.66. The van der Waals surface area contributed by atoms with Crippen LogP contribution in [0.5, 0.6) is 11.8 Å². The van der Waals surface area contributed by atoms with Gasteiger partial charge in [0, 0.05) is 12.8 Å². The number of carboxylic acid groups (broad SMARTS) is 1. The average molecular weight is 274 g/mol. The summed E-state index contributed by atoms with van der Waals surface area (Å²) < 4.78 is 5.45. The number of aliphatic hydroxyl groups is 1. The Morgan fingerprint density at radius 1 is 1.30 bits per heavy atom. The fourth-order valence-electron chi connectivity index (χ4n) is 1.66. The van der Waals surface area contributed by atoms with Crippen LogP contribution in [-0.4, -0.2) is 32.8 Å². The van der Waals surface area contributed by atoms with E-state index in [0.29, 0.717) is 17.9 Å². The number of ether oxygens (including phenoxy) is 1. The molecule has 0 saturated heterocycles. The van der Waals surface area contributed by atoms with E-state index in [-0.39, 0.29) is 18.2 Å². The molecular weight excluding hydrogens is 260 g/mol. The molecule has 2 aromatic rings. The molecule has 0 spiro atoms. The number of hydrogen-bond donors (Lipinski definition) is 2. The predicted molar refractivity (Wildman–Crippen MR) is 71.0 cm³/mol. The van der Waals surface area contributed by atoms with Crippen molar-refractivity contribution < 1.29 is 19.7 Å². The third-order valence-electron chi connectivity index (χ3n) is 2.72. The summed E-state index contributed by atoms with van der Waals surface area (Å²) >= 11 is 0. The van der Waals surface area contributed by atoms with Gasteiger partial charge in [-0.15, -0.1) is 0 Å². The lowest BCUT2D eigenvalue weighted by Gasteiger charge is -2.06. The van der Waals surface area contributed by atoms with E-state index in [1.807, 2.05) is 12.1 Å². The van der Waals surface area contributed by atoms with E-state index in [0.717, 1.165) is 5.56 Å². The minimum atomic E-state index is -1.07. The van der Waals surface area contributed by atoms with Crippen molar-refractivity contribution in [1.82, 2.24) is 9.97 Å². The number of aromatic carboxylic acids is 1. The summed E-state index contributed by atoms with van der Waals surface area (Å²) in [6.07, 6.45) is 1.81. The Labute approximate surface area is 115 Å². The van der Waals surface area contributed by atoms with E-state index in [4.69, 9.17) is 14.9 Å². The molecule has 0 bridgehead atoms. The molecule has 0 atom stereocenters. The van der Waals surface area contributed by atoms with Crippen molar-refractivity contribution in [2.75, 3.05) is 6.61 Å². The Balaban J connectivity index is 2.13. The second-order valence-corrected chi connectivity index (χ2v) is 4.18. The van der Waals surface area contributed by atoms with Crippen molar-refractivity contribution >= 4 is 5.97 Å². The number of carbonyl (C=O) groups is 1. The van der Waals surface area contributed by atoms with Crippen LogP contribution in [0.1, 0.15) is 21.6 Å². The Morgan fingerprint density at radius 3 is 2.55 bits per heavy atom. The molecule has 0 aliphatic carbocycles. The van der Waals surface area contributed by atoms with Gasteiger partial charge in [0.25, 0.3) is 0 Å². The van der Waals surface area contributed by atoms with Crippen LogP contribution >= 0.6 is 0 Å². The molecule has 0 radical (unpaired) electrons. The van der Waals surface area contributed by atoms with E-state index in [1.165, 1.54) is 6.20 Å². The number of aryl methyl sites for hydroxylation is 1. The Bertz CT molecular complexity index is 611. The first-order valence-corrected chi connectivity index (χ1v) is 6.04. The molecule has 2 rings (SSSR count). The van der Waals surface area contributed by atoms with Crippen LogP contribution in [0.3, 0.4) is 0 Å². The SMILES string of the molecule is Cc1nc(Oc2ccc(CCO)cc2)ncc1C(=O)O. The first-order chi connectivity index (χ1) is 9.60. The molecule has 0 saturated carbocycles. The van der Waals surface area contributed by atoms with Gasteiger partial charge >= 0.3 is 12.0 Å². The molecule has 1 heterocycles. The summed E-state index contributed by atoms with van der Waals surface area (Å²) in [5.41, 5.74) is 1.40. The largest absolute Gasteiger partial charge is 0.478 e. The first-order valence-electron chi connectivity index (χ1n) is 6.04. The Morgan fingerprint density at radius 2 is 2.00 bits per heavy atom. The third-order valence-corrected chi connectivity index (χ3v) is 2.72. The molecule has 2 N–H and O–H groups in total. The van der Waals surface area contributed by atoms with Gasteiger partial charge in [-0.05, 0) is 31.0 Å². The summed E-state index contributed by atoms with van der Waals surface area (Å²) in [5, 5.41) is 17.7. The van der Waals surface area contributed by atoms with Crippen LogP contribution in [0.15, 0.2) is 30.5 Å². The van der Waals surface area contributed by atoms with Crippen molar-refractivity contribution in [3.05, 3.63) is 47.3 Å². The average Bonchev–Trinajstić information content (AvgIpc) is 2.41. The number of hydrogen-bond acceptors (Lipinski definition) is 5. The lowest BCUT2D eigenvalue weighted by molar-refractivity contribution is 0.0695. The smallest absolute Gasteiger partial charge is 0.339 e. The lowest BCUT2D eigenvalue weighted by Crippen LogP contribution is -2.04. The van der Waals surface area contributed by atoms with E-state index in [2.05, 4.69) is 9.97 Å². The molecule has 104 valence electrons. The Hall–Kier alpha value is -2.47. The normalized spacial score (nSPS) is 10.3. The zero-order valence-corrected chi connectivity index (χ0v) is 10.9. The van der Waals surface area contributed by atoms with Gasteiger partial charge in [-0.2, -0.15) is 4.98 Å². The van der Waals surface area contributed by atoms with Gasteiger partial charge < -0.3 is 14.9 Å². The predicted octanol–water partition coefficient (Wildman–Crippen LogP) is 1.81. The van der Waals surface area contributed by atoms with Crippen LogP contribution in [-0.2, 0) is 6.42 Å². The van der Waals surface area contributed by atoms with E-state index >= 15 is 0 Å². The summed E-state index contributed by atoms with van der Waals surface area (Å²) in [6, 6.07) is 7.26. The van der Waals surface area contributed by atoms with Gasteiger partial charge in [-0.1, -0.05) is 12.1 Å². The number of benzene rings is 1. The minimum Gasteiger partial charge on any atom is -0.478 e. The summed E-state index contributed by atoms with van der Waals surface area (Å²) in [6.45, 7) is 1.68. The molecule has 0 amide bonds. The van der Waals surface area contributed by atoms with Gasteiger partial charge in [-0.25, -0.2) is 9.78 Å². The summed E-state index contributed by atoms with van der Waals surface area (Å²) in [4.78, 5) is 18.7. The number of carboxylic acids is 1. The van der Waals surface area contributed by atoms with Crippen molar-refractivity contribution in [1.29, 1.82) is 0 Å². The first kappa shape index (κ1) is 14.0. The highest BCUT2D eigenvalue weighted by atomic mass is 16.5. The van der Waals surface area contributed by atoms with Crippen molar-refractivity contribution in [2.24, 2.45) is 0 Å². The molecular formula is C14H14N2O4. The highest BCUT2D eigenvalue weighted by Gasteiger charge is 2.10. The van der Waals surface area contributed by atoms with Gasteiger partial charge in [0.1, 0.15) is 5.75 Å². The van der Waals surface area contributed by atoms with Crippen molar-refractivity contribution in [3.8, 4) is 11.8 Å². The van der Waals surface area contributed by atoms with Crippen molar-refractivity contribution in [3.63, 3.8) is 0 Å². The fraction of sp³-hybridized carbons (Fsp3) is 0.214. The number of nitrogens with zero attached hydrogens (tertiary/aromatic N) is 2. The zero-order valence-electron chi connectivity index (χ0n) is 10.9. The van der Waals surface area contributed by atoms with E-state index in [9.17, 15) is 4.79 Å². The molecule has 1 aromatic heterocycles. The molecule has 6 heteroatoms. The topological polar surface area (TPSA) is 92.5 Å². The molecule has 20 heavy (non-hydrogen) atoms. The molecule has 0 fully saturated rings. The van der Waals surface area contributed by atoms with Crippen LogP contribution in [0.4, 0.5) is 0 Å². The summed E-state index contributed by atoms with van der Waals surface area (Å²) in [5.74, 6) is -0.517. The molecule has 0 unspecified atom stereocenters. The minimum absolute atomic E-state index is 0.0515. The van der Waals surface area contributed by atoms with Gasteiger partial charge in [0.2, 0.25) is 0 Å². The number of aliphatic hydroxyl groups excluding tert-OH is 1. The number of aromatic nitrogens is 2. The maximum absolute atomic E-state index is 10.8. The second-order valence-electron chi connectivity index (χ2n) is 4.18. The Kier molecular flexibility index (Phi) is 4.27. The van der Waals surface area contributed by atoms with Gasteiger partial charge in [-0.3, -0.25) is 0 Å². The van der Waals surface area contributed by atoms with Crippen LogP contribution in [0, 0.1) is 6.92 Å². The van der Waals surface area contributed by atoms with E-state index in [1.54, 1.807) is 19.1 Å². The maximum atomic E-state index is 10.8. The van der Waals surface area contributed by atoms with Crippen LogP contribution in [0.25, 0.3) is 0 Å². The second kappa shape index (κ2) is 6.12. The standard InChI is InChI=1S/C14H14N2O4/c1-9-12(13(18)19)8-15-14(16-9)20-11-4-2-10(3-5-11)6-7-17/h2-5,8,17H,6-7H2,1H3,(H,18,19). The monoisotopic (exact) mass is 274 g/mol. The molecule has 0 aliphatic heterocycles. The van der Waals surface area contributed by atoms with Gasteiger partial charge in [0.05, 0.1) is 11.3 Å². The van der Waals surface area contributed by atoms with Crippen molar-refractivity contribution in [2.45, 2.75) is 13.3 Å². The summed E-state index contributed by atoms with van der Waals surface area (Å²) in [7, 11) is 0. The third kappa shape index (κ3) is 3.30. The van der Waals surface area contributed by atoms with E-state index < -0.39 is 5.97 Å². The molecule has 6 nitrogen and oxygen atoms in total. The number of rotatable bonds is 5. The van der Waals surface area contributed by atoms with Crippen LogP contribution < -0.4 is 4.74 Å². The molecule has 1 aromatic carbocycles. The van der Waals surface area contributed by atoms with Crippen LogP contribution in [0.2, 0.25) is 0 Å². The van der Waals surface area contributed by atoms with Gasteiger partial charge in [0.15, 0.2) is 0 Å². The quantitative estimate of drug-likeness (QED) is 0.863. The highest BCUT2D eigenvalue weighted by molar-refractivity contribution is 5.88. The highest BCUT2D eigenvalue weighted by Crippen LogP contribution is 2.19. The maximum Gasteiger partial charge on any atom is 0.339 e. The molecule has 0 aliphatic rings. The lowest BCUT2D eigenvalue weighted by atomic mass is 10.1.